The Morgan fingerprint density at radius 3 is 2.17 bits per heavy atom. The first-order chi connectivity index (χ1) is 2.91. The first-order valence-corrected chi connectivity index (χ1v) is 0.849. The molecule has 37 valence electrons. The molecule has 0 aliphatic carbocycles. The van der Waals surface area contributed by atoms with Crippen LogP contribution in [0.25, 0.3) is 0 Å². The number of hydrogen-bond acceptors (Lipinski definition) is 5. The van der Waals surface area contributed by atoms with Crippen molar-refractivity contribution in [3.63, 3.8) is 0 Å². The lowest BCUT2D eigenvalue weighted by molar-refractivity contribution is -0.760. The van der Waals surface area contributed by atoms with Crippen molar-refractivity contribution < 1.29 is 30.7 Å². The molecule has 0 aliphatic rings. The summed E-state index contributed by atoms with van der Waals surface area (Å²) < 4.78 is 0. The molecule has 0 atom stereocenters. The van der Waals surface area contributed by atoms with Gasteiger partial charge in [-0.3, -0.25) is 0 Å². The molecule has 0 aliphatic heterocycles. The minimum Gasteiger partial charge on any atom is -0.219 e. The predicted octanol–water partition coefficient (Wildman–Crippen LogP) is -0.384. The summed E-state index contributed by atoms with van der Waals surface area (Å²) in [5.74, 6) is 0. The minimum absolute atomic E-state index is 2.52. The third-order valence-corrected chi connectivity index (χ3v) is 0.0860. The van der Waals surface area contributed by atoms with E-state index in [1.54, 1.807) is 0 Å². The van der Waals surface area contributed by atoms with E-state index in [-0.39, 0.29) is 0 Å². The van der Waals surface area contributed by atoms with Crippen molar-refractivity contribution in [3.8, 4) is 0 Å². The molecule has 0 amide bonds. The molecule has 0 unspecified atom stereocenters. The molecule has 0 aromatic carbocycles. The zero-order chi connectivity index (χ0) is 4.83. The Bertz CT molecular complexity index is 12.0. The highest BCUT2D eigenvalue weighted by molar-refractivity contribution is 2.86. The average Bonchev–Trinajstić information content (AvgIpc) is 1.61. The van der Waals surface area contributed by atoms with E-state index in [0.29, 0.717) is 0 Å². The van der Waals surface area contributed by atoms with Gasteiger partial charge in [0.15, 0.2) is 0 Å². The van der Waals surface area contributed by atoms with Gasteiger partial charge in [0.25, 0.3) is 0 Å². The van der Waals surface area contributed by atoms with Crippen LogP contribution < -0.4 is 0 Å². The van der Waals surface area contributed by atoms with E-state index in [2.05, 4.69) is 20.2 Å². The summed E-state index contributed by atoms with van der Waals surface area (Å²) >= 11 is 0. The molecule has 0 fully saturated rings. The summed E-state index contributed by atoms with van der Waals surface area (Å²) in [4.78, 5) is 0. The Kier molecular flexibility index (Phi) is 4.57. The van der Waals surface area contributed by atoms with Crippen LogP contribution in [0, 0.1) is 0 Å². The molecule has 1 N–H and O–H groups in total. The van der Waals surface area contributed by atoms with E-state index in [0.717, 1.165) is 0 Å². The Labute approximate surface area is 32.1 Å². The largest absolute Gasteiger partial charge is 0.219 e. The summed E-state index contributed by atoms with van der Waals surface area (Å²) in [6, 6.07) is 0. The molecule has 0 aromatic rings. The molecule has 0 rings (SSSR count). The Morgan fingerprint density at radius 2 is 2.00 bits per heavy atom. The molecular weight excluding hydrogens is 96.0 g/mol. The van der Waals surface area contributed by atoms with Crippen LogP contribution >= 0.6 is 0 Å². The van der Waals surface area contributed by atoms with Gasteiger partial charge in [-0.1, -0.05) is 0 Å². The van der Waals surface area contributed by atoms with Gasteiger partial charge in [0, 0.05) is 0 Å². The van der Waals surface area contributed by atoms with Crippen molar-refractivity contribution in [3.05, 3.63) is 0 Å². The van der Waals surface area contributed by atoms with E-state index in [1.165, 1.54) is 0 Å². The van der Waals surface area contributed by atoms with Gasteiger partial charge in [0.1, 0.15) is 0 Å². The number of rotatable bonds is 3. The molecule has 0 bridgehead atoms. The summed E-state index contributed by atoms with van der Waals surface area (Å²) in [6.07, 6.45) is 0. The fourth-order valence-corrected chi connectivity index (χ4v) is 0.0238. The highest BCUT2D eigenvalue weighted by Crippen LogP contribution is 1.72. The smallest absolute Gasteiger partial charge is 0.0000000101 e. The van der Waals surface area contributed by atoms with Gasteiger partial charge in [-0.2, -0.15) is 0 Å². The Balaban J connectivity index is 2.34. The third kappa shape index (κ3) is 3.76. The number of hydrogen-bond donors (Lipinski definition) is 1. The van der Waals surface area contributed by atoms with Crippen LogP contribution in [0.2, 0.25) is 0 Å². The highest BCUT2D eigenvalue weighted by atomic mass is 17.8. The van der Waals surface area contributed by atoms with Gasteiger partial charge in [-0.15, -0.1) is 0 Å². The van der Waals surface area contributed by atoms with Crippen LogP contribution in [0.1, 0.15) is 0 Å². The Hall–Kier alpha value is -0.240. The predicted molar refractivity (Wildman–Crippen MR) is 7.66 cm³/mol. The van der Waals surface area contributed by atoms with E-state index in [9.17, 15) is 0 Å². The molecule has 1 radical (unpaired) electrons. The van der Waals surface area contributed by atoms with Crippen LogP contribution in [-0.2, 0) is 25.4 Å². The summed E-state index contributed by atoms with van der Waals surface area (Å²) in [7, 11) is 0. The molecule has 0 aromatic heterocycles. The van der Waals surface area contributed by atoms with Crippen LogP contribution in [0.5, 0.6) is 0 Å². The normalized spacial score (nSPS) is 9.00. The zero-order valence-corrected chi connectivity index (χ0v) is 2.49. The molecular formula is HO6. The second-order valence-electron chi connectivity index (χ2n) is 0.279. The maximum absolute atomic E-state index is 8.65. The van der Waals surface area contributed by atoms with E-state index < -0.39 is 0 Å². The van der Waals surface area contributed by atoms with Gasteiger partial charge >= 0.3 is 0 Å². The molecule has 6 nitrogen and oxygen atoms in total. The summed E-state index contributed by atoms with van der Waals surface area (Å²) in [5.41, 5.74) is 0. The second-order valence-corrected chi connectivity index (χ2v) is 0.279. The zero-order valence-electron chi connectivity index (χ0n) is 2.49. The maximum Gasteiger partial charge on any atom is -0.0000000101 e. The van der Waals surface area contributed by atoms with Crippen molar-refractivity contribution in [1.82, 2.24) is 0 Å². The molecule has 0 saturated heterocycles. The SMILES string of the molecule is [O]OOOOO. The molecule has 0 saturated carbocycles. The quantitative estimate of drug-likeness (QED) is 0.295. The third-order valence-electron chi connectivity index (χ3n) is 0.0860. The van der Waals surface area contributed by atoms with Crippen LogP contribution in [0.15, 0.2) is 0 Å². The lowest BCUT2D eigenvalue weighted by Gasteiger charge is -1.82. The van der Waals surface area contributed by atoms with Gasteiger partial charge in [0.2, 0.25) is 0 Å². The first-order valence-electron chi connectivity index (χ1n) is 0.849. The molecule has 0 heterocycles. The fraction of sp³-hybridized carbons (Fsp3) is 0. The van der Waals surface area contributed by atoms with E-state index >= 15 is 0 Å². The van der Waals surface area contributed by atoms with Gasteiger partial charge in [0.05, 0.1) is 0 Å². The van der Waals surface area contributed by atoms with Crippen molar-refractivity contribution >= 4 is 0 Å². The van der Waals surface area contributed by atoms with E-state index in [1.807, 2.05) is 0 Å². The van der Waals surface area contributed by atoms with Crippen molar-refractivity contribution in [1.29, 1.82) is 0 Å². The second kappa shape index (κ2) is 4.76. The van der Waals surface area contributed by atoms with Crippen molar-refractivity contribution in [2.75, 3.05) is 0 Å². The van der Waals surface area contributed by atoms with Crippen LogP contribution in [-0.4, -0.2) is 5.26 Å². The topological polar surface area (TPSA) is 77.1 Å². The molecule has 0 spiro atoms. The lowest BCUT2D eigenvalue weighted by atomic mass is 14.2. The average molecular weight is 97.0 g/mol. The maximum atomic E-state index is 8.65. The molecule has 6 heavy (non-hydrogen) atoms. The van der Waals surface area contributed by atoms with Gasteiger partial charge < -0.3 is 0 Å². The van der Waals surface area contributed by atoms with Crippen molar-refractivity contribution in [2.24, 2.45) is 0 Å². The monoisotopic (exact) mass is 97.0 g/mol. The fourth-order valence-electron chi connectivity index (χ4n) is 0.0238. The van der Waals surface area contributed by atoms with Crippen molar-refractivity contribution in [2.45, 2.75) is 0 Å². The Morgan fingerprint density at radius 1 is 1.33 bits per heavy atom. The minimum atomic E-state index is 2.52. The van der Waals surface area contributed by atoms with Crippen LogP contribution in [0.3, 0.4) is 0 Å². The molecule has 6 heteroatoms. The standard InChI is InChI=1S/HO6/c1-3-5-6-4-2/h1H. The summed E-state index contributed by atoms with van der Waals surface area (Å²) in [5, 5.41) is 27.0. The lowest BCUT2D eigenvalue weighted by Crippen LogP contribution is -1.89. The summed E-state index contributed by atoms with van der Waals surface area (Å²) in [6.45, 7) is 0. The van der Waals surface area contributed by atoms with Gasteiger partial charge in [-0.05, 0) is 25.4 Å². The highest BCUT2D eigenvalue weighted by Gasteiger charge is 1.79. The van der Waals surface area contributed by atoms with Crippen LogP contribution in [0.4, 0.5) is 0 Å². The van der Waals surface area contributed by atoms with E-state index in [4.69, 9.17) is 10.5 Å². The van der Waals surface area contributed by atoms with Gasteiger partial charge in [-0.25, -0.2) is 5.26 Å². The first kappa shape index (κ1) is 5.76.